The average Bonchev–Trinajstić information content (AvgIpc) is 2.72. The Labute approximate surface area is 99.9 Å². The number of hydrogen-bond donors (Lipinski definition) is 1. The van der Waals surface area contributed by atoms with E-state index < -0.39 is 0 Å². The second kappa shape index (κ2) is 8.97. The lowest BCUT2D eigenvalue weighted by Crippen LogP contribution is -2.37. The molecule has 1 rings (SSSR count). The average molecular weight is 229 g/mol. The summed E-state index contributed by atoms with van der Waals surface area (Å²) in [5.74, 6) is 0. The van der Waals surface area contributed by atoms with Gasteiger partial charge in [0.2, 0.25) is 0 Å². The third-order valence-corrected chi connectivity index (χ3v) is 3.12. The molecule has 0 heterocycles. The van der Waals surface area contributed by atoms with Gasteiger partial charge in [-0.2, -0.15) is 0 Å². The fraction of sp³-hybridized carbons (Fsp3) is 1.00. The van der Waals surface area contributed by atoms with Gasteiger partial charge in [-0.25, -0.2) is 0 Å². The van der Waals surface area contributed by atoms with Crippen LogP contribution < -0.4 is 5.32 Å². The Kier molecular flexibility index (Phi) is 7.81. The van der Waals surface area contributed by atoms with Crippen LogP contribution in [0.3, 0.4) is 0 Å². The third-order valence-electron chi connectivity index (χ3n) is 3.12. The Balaban J connectivity index is 1.99. The quantitative estimate of drug-likeness (QED) is 0.616. The van der Waals surface area contributed by atoms with Crippen molar-refractivity contribution in [2.24, 2.45) is 0 Å². The Morgan fingerprint density at radius 3 is 2.75 bits per heavy atom. The van der Waals surface area contributed by atoms with Crippen LogP contribution in [0.25, 0.3) is 0 Å². The van der Waals surface area contributed by atoms with Crippen molar-refractivity contribution in [2.45, 2.75) is 58.1 Å². The minimum absolute atomic E-state index is 0.412. The summed E-state index contributed by atoms with van der Waals surface area (Å²) in [4.78, 5) is 0. The third kappa shape index (κ3) is 5.28. The van der Waals surface area contributed by atoms with Crippen molar-refractivity contribution in [3.8, 4) is 0 Å². The first kappa shape index (κ1) is 13.9. The van der Waals surface area contributed by atoms with Gasteiger partial charge in [-0.15, -0.1) is 0 Å². The highest BCUT2D eigenvalue weighted by Gasteiger charge is 2.26. The van der Waals surface area contributed by atoms with Gasteiger partial charge in [0.15, 0.2) is 0 Å². The van der Waals surface area contributed by atoms with Gasteiger partial charge < -0.3 is 14.8 Å². The molecule has 2 atom stereocenters. The van der Waals surface area contributed by atoms with Crippen LogP contribution >= 0.6 is 0 Å². The van der Waals surface area contributed by atoms with Gasteiger partial charge in [0.25, 0.3) is 0 Å². The summed E-state index contributed by atoms with van der Waals surface area (Å²) in [6, 6.07) is 0.570. The molecule has 0 amide bonds. The molecule has 16 heavy (non-hydrogen) atoms. The smallest absolute Gasteiger partial charge is 0.0729 e. The molecule has 1 aliphatic rings. The lowest BCUT2D eigenvalue weighted by molar-refractivity contribution is -0.00301. The molecule has 2 unspecified atom stereocenters. The standard InChI is InChI=1S/C13H27NO2/c1-3-5-9-15-10-11-16-13-8-6-7-12(13)14-4-2/h12-14H,3-11H2,1-2H3. The van der Waals surface area contributed by atoms with E-state index in [2.05, 4.69) is 19.2 Å². The highest BCUT2D eigenvalue weighted by atomic mass is 16.5. The molecule has 3 heteroatoms. The summed E-state index contributed by atoms with van der Waals surface area (Å²) in [7, 11) is 0. The predicted molar refractivity (Wildman–Crippen MR) is 66.8 cm³/mol. The minimum Gasteiger partial charge on any atom is -0.379 e. The van der Waals surface area contributed by atoms with Crippen LogP contribution in [0.15, 0.2) is 0 Å². The maximum absolute atomic E-state index is 5.86. The second-order valence-electron chi connectivity index (χ2n) is 4.47. The zero-order chi connectivity index (χ0) is 11.6. The van der Waals surface area contributed by atoms with Crippen LogP contribution in [0.5, 0.6) is 0 Å². The molecule has 0 radical (unpaired) electrons. The molecule has 0 aromatic carbocycles. The van der Waals surface area contributed by atoms with E-state index in [1.807, 2.05) is 0 Å². The summed E-state index contributed by atoms with van der Waals surface area (Å²) >= 11 is 0. The number of rotatable bonds is 9. The number of likely N-dealkylation sites (N-methyl/N-ethyl adjacent to an activating group) is 1. The summed E-state index contributed by atoms with van der Waals surface area (Å²) in [6.07, 6.45) is 6.52. The molecule has 0 bridgehead atoms. The van der Waals surface area contributed by atoms with Crippen LogP contribution in [-0.4, -0.2) is 38.5 Å². The number of hydrogen-bond acceptors (Lipinski definition) is 3. The van der Waals surface area contributed by atoms with Gasteiger partial charge in [-0.3, -0.25) is 0 Å². The zero-order valence-electron chi connectivity index (χ0n) is 10.8. The minimum atomic E-state index is 0.412. The van der Waals surface area contributed by atoms with E-state index >= 15 is 0 Å². The molecule has 1 N–H and O–H groups in total. The fourth-order valence-electron chi connectivity index (χ4n) is 2.23. The van der Waals surface area contributed by atoms with Crippen molar-refractivity contribution < 1.29 is 9.47 Å². The molecule has 1 aliphatic carbocycles. The van der Waals surface area contributed by atoms with E-state index in [4.69, 9.17) is 9.47 Å². The Hall–Kier alpha value is -0.120. The van der Waals surface area contributed by atoms with E-state index in [0.29, 0.717) is 12.1 Å². The maximum Gasteiger partial charge on any atom is 0.0729 e. The fourth-order valence-corrected chi connectivity index (χ4v) is 2.23. The van der Waals surface area contributed by atoms with E-state index in [0.717, 1.165) is 32.8 Å². The van der Waals surface area contributed by atoms with E-state index in [1.165, 1.54) is 25.7 Å². The van der Waals surface area contributed by atoms with Gasteiger partial charge in [0.05, 0.1) is 19.3 Å². The number of unbranched alkanes of at least 4 members (excludes halogenated alkanes) is 1. The molecule has 0 saturated heterocycles. The Morgan fingerprint density at radius 1 is 1.12 bits per heavy atom. The Bertz CT molecular complexity index is 164. The van der Waals surface area contributed by atoms with Gasteiger partial charge in [-0.05, 0) is 32.2 Å². The molecular formula is C13H27NO2. The van der Waals surface area contributed by atoms with Gasteiger partial charge in [0.1, 0.15) is 0 Å². The topological polar surface area (TPSA) is 30.5 Å². The molecule has 1 saturated carbocycles. The SMILES string of the molecule is CCCCOCCOC1CCCC1NCC. The van der Waals surface area contributed by atoms with Crippen LogP contribution in [0, 0.1) is 0 Å². The number of nitrogens with one attached hydrogen (secondary N) is 1. The first-order valence-corrected chi connectivity index (χ1v) is 6.81. The summed E-state index contributed by atoms with van der Waals surface area (Å²) < 4.78 is 11.3. The summed E-state index contributed by atoms with van der Waals surface area (Å²) in [5.41, 5.74) is 0. The molecule has 0 aromatic rings. The van der Waals surface area contributed by atoms with E-state index in [9.17, 15) is 0 Å². The molecule has 96 valence electrons. The van der Waals surface area contributed by atoms with Crippen molar-refractivity contribution in [2.75, 3.05) is 26.4 Å². The molecular weight excluding hydrogens is 202 g/mol. The van der Waals surface area contributed by atoms with Crippen molar-refractivity contribution in [3.05, 3.63) is 0 Å². The van der Waals surface area contributed by atoms with Crippen LogP contribution in [0.4, 0.5) is 0 Å². The van der Waals surface area contributed by atoms with E-state index in [1.54, 1.807) is 0 Å². The molecule has 0 aromatic heterocycles. The van der Waals surface area contributed by atoms with E-state index in [-0.39, 0.29) is 0 Å². The highest BCUT2D eigenvalue weighted by molar-refractivity contribution is 4.83. The first-order valence-electron chi connectivity index (χ1n) is 6.81. The van der Waals surface area contributed by atoms with Crippen molar-refractivity contribution in [1.82, 2.24) is 5.32 Å². The molecule has 0 spiro atoms. The van der Waals surface area contributed by atoms with Crippen LogP contribution in [0.2, 0.25) is 0 Å². The monoisotopic (exact) mass is 229 g/mol. The van der Waals surface area contributed by atoms with Crippen molar-refractivity contribution >= 4 is 0 Å². The Morgan fingerprint density at radius 2 is 2.00 bits per heavy atom. The second-order valence-corrected chi connectivity index (χ2v) is 4.47. The zero-order valence-corrected chi connectivity index (χ0v) is 10.8. The van der Waals surface area contributed by atoms with Gasteiger partial charge in [-0.1, -0.05) is 20.3 Å². The van der Waals surface area contributed by atoms with Gasteiger partial charge in [0, 0.05) is 12.6 Å². The van der Waals surface area contributed by atoms with Crippen molar-refractivity contribution in [1.29, 1.82) is 0 Å². The highest BCUT2D eigenvalue weighted by Crippen LogP contribution is 2.21. The lowest BCUT2D eigenvalue weighted by Gasteiger charge is -2.20. The largest absolute Gasteiger partial charge is 0.379 e. The summed E-state index contributed by atoms with van der Waals surface area (Å²) in [6.45, 7) is 7.74. The van der Waals surface area contributed by atoms with Crippen molar-refractivity contribution in [3.63, 3.8) is 0 Å². The maximum atomic E-state index is 5.86. The van der Waals surface area contributed by atoms with Crippen LogP contribution in [0.1, 0.15) is 46.0 Å². The molecule has 3 nitrogen and oxygen atoms in total. The summed E-state index contributed by atoms with van der Waals surface area (Å²) in [5, 5.41) is 3.49. The predicted octanol–water partition coefficient (Wildman–Crippen LogP) is 2.35. The molecule has 0 aliphatic heterocycles. The van der Waals surface area contributed by atoms with Gasteiger partial charge >= 0.3 is 0 Å². The lowest BCUT2D eigenvalue weighted by atomic mass is 10.2. The first-order chi connectivity index (χ1) is 7.88. The van der Waals surface area contributed by atoms with Crippen LogP contribution in [-0.2, 0) is 9.47 Å². The molecule has 1 fully saturated rings. The number of ether oxygens (including phenoxy) is 2. The normalized spacial score (nSPS) is 25.1.